The number of hydrogen-bond acceptors (Lipinski definition) is 3. The molecular weight excluding hydrogens is 310 g/mol. The van der Waals surface area contributed by atoms with Crippen molar-refractivity contribution >= 4 is 17.7 Å². The van der Waals surface area contributed by atoms with Crippen LogP contribution < -0.4 is 10.1 Å². The Balaban J connectivity index is 1.71. The lowest BCUT2D eigenvalue weighted by Gasteiger charge is -2.27. The van der Waals surface area contributed by atoms with E-state index in [0.29, 0.717) is 0 Å². The maximum absolute atomic E-state index is 5.55. The van der Waals surface area contributed by atoms with Crippen molar-refractivity contribution in [2.24, 2.45) is 4.99 Å². The number of methoxy groups -OCH3 is 1. The van der Waals surface area contributed by atoms with E-state index in [4.69, 9.17) is 4.74 Å². The van der Waals surface area contributed by atoms with Gasteiger partial charge in [0.25, 0.3) is 0 Å². The second-order valence-electron chi connectivity index (χ2n) is 6.27. The summed E-state index contributed by atoms with van der Waals surface area (Å²) < 4.78 is 5.55. The molecule has 1 aliphatic rings. The zero-order valence-corrected chi connectivity index (χ0v) is 14.4. The Labute approximate surface area is 147 Å². The quantitative estimate of drug-likeness (QED) is 0.707. The minimum Gasteiger partial charge on any atom is -0.496 e. The first-order valence-corrected chi connectivity index (χ1v) is 8.48. The average molecular weight is 331 g/mol. The van der Waals surface area contributed by atoms with E-state index < -0.39 is 0 Å². The third kappa shape index (κ3) is 2.80. The van der Waals surface area contributed by atoms with Crippen LogP contribution in [0.3, 0.4) is 0 Å². The lowest BCUT2D eigenvalue weighted by Crippen LogP contribution is -2.29. The van der Waals surface area contributed by atoms with Gasteiger partial charge in [-0.1, -0.05) is 43.3 Å². The van der Waals surface area contributed by atoms with Crippen LogP contribution in [-0.2, 0) is 0 Å². The van der Waals surface area contributed by atoms with Gasteiger partial charge < -0.3 is 15.0 Å². The largest absolute Gasteiger partial charge is 0.496 e. The van der Waals surface area contributed by atoms with E-state index in [1.807, 2.05) is 48.8 Å². The fourth-order valence-corrected chi connectivity index (χ4v) is 3.43. The molecule has 4 nitrogen and oxygen atoms in total. The molecule has 2 unspecified atom stereocenters. The van der Waals surface area contributed by atoms with Gasteiger partial charge in [-0.3, -0.25) is 0 Å². The van der Waals surface area contributed by atoms with Crippen LogP contribution in [0.5, 0.6) is 5.75 Å². The molecule has 2 atom stereocenters. The lowest BCUT2D eigenvalue weighted by molar-refractivity contribution is 0.416. The standard InChI is InChI=1S/C21H21N3O/c1-14-18(24-15-8-4-3-5-9-15)13-23-21-20(14)17(12-22-21)16-10-6-7-11-19(16)25-2/h3-14,18,22,24H,1-2H3. The van der Waals surface area contributed by atoms with Gasteiger partial charge in [0.1, 0.15) is 11.6 Å². The van der Waals surface area contributed by atoms with E-state index in [-0.39, 0.29) is 12.0 Å². The highest BCUT2D eigenvalue weighted by atomic mass is 16.5. The van der Waals surface area contributed by atoms with Crippen LogP contribution in [0.1, 0.15) is 18.4 Å². The molecule has 0 saturated carbocycles. The lowest BCUT2D eigenvalue weighted by atomic mass is 9.88. The number of rotatable bonds is 4. The molecule has 1 aromatic heterocycles. The number of hydrogen-bond donors (Lipinski definition) is 2. The fourth-order valence-electron chi connectivity index (χ4n) is 3.43. The summed E-state index contributed by atoms with van der Waals surface area (Å²) in [5, 5.41) is 3.57. The van der Waals surface area contributed by atoms with E-state index in [9.17, 15) is 0 Å². The number of nitrogens with zero attached hydrogens (tertiary/aromatic N) is 1. The van der Waals surface area contributed by atoms with Crippen LogP contribution in [0.25, 0.3) is 11.1 Å². The van der Waals surface area contributed by atoms with Gasteiger partial charge in [0.05, 0.1) is 13.2 Å². The molecular formula is C21H21N3O. The molecule has 0 fully saturated rings. The number of aliphatic imine (C=N–C) groups is 1. The van der Waals surface area contributed by atoms with Gasteiger partial charge in [-0.15, -0.1) is 0 Å². The summed E-state index contributed by atoms with van der Waals surface area (Å²) in [6.07, 6.45) is 4.02. The summed E-state index contributed by atoms with van der Waals surface area (Å²) in [4.78, 5) is 7.95. The van der Waals surface area contributed by atoms with Crippen molar-refractivity contribution in [3.63, 3.8) is 0 Å². The summed E-state index contributed by atoms with van der Waals surface area (Å²) in [5.74, 6) is 2.08. The van der Waals surface area contributed by atoms with Crippen LogP contribution in [0.4, 0.5) is 11.5 Å². The van der Waals surface area contributed by atoms with Crippen molar-refractivity contribution in [2.75, 3.05) is 12.4 Å². The number of fused-ring (bicyclic) bond motifs is 1. The molecule has 0 saturated heterocycles. The second-order valence-corrected chi connectivity index (χ2v) is 6.27. The molecule has 0 bridgehead atoms. The van der Waals surface area contributed by atoms with Crippen molar-refractivity contribution in [1.82, 2.24) is 4.98 Å². The average Bonchev–Trinajstić information content (AvgIpc) is 3.09. The third-order valence-electron chi connectivity index (χ3n) is 4.76. The van der Waals surface area contributed by atoms with E-state index in [1.165, 1.54) is 5.56 Å². The Morgan fingerprint density at radius 1 is 1.00 bits per heavy atom. The fraction of sp³-hybridized carbons (Fsp3) is 0.190. The van der Waals surface area contributed by atoms with Crippen molar-refractivity contribution < 1.29 is 4.74 Å². The summed E-state index contributed by atoms with van der Waals surface area (Å²) in [6, 6.07) is 18.5. The zero-order chi connectivity index (χ0) is 17.2. The van der Waals surface area contributed by atoms with Crippen LogP contribution in [0.15, 0.2) is 65.8 Å². The summed E-state index contributed by atoms with van der Waals surface area (Å²) >= 11 is 0. The molecule has 126 valence electrons. The highest BCUT2D eigenvalue weighted by molar-refractivity contribution is 5.84. The maximum atomic E-state index is 5.55. The molecule has 0 radical (unpaired) electrons. The van der Waals surface area contributed by atoms with Gasteiger partial charge in [0.2, 0.25) is 0 Å². The molecule has 2 aromatic carbocycles. The zero-order valence-electron chi connectivity index (χ0n) is 14.4. The van der Waals surface area contributed by atoms with E-state index >= 15 is 0 Å². The first kappa shape index (κ1) is 15.5. The first-order chi connectivity index (χ1) is 12.3. The highest BCUT2D eigenvalue weighted by Crippen LogP contribution is 2.43. The predicted molar refractivity (Wildman–Crippen MR) is 103 cm³/mol. The summed E-state index contributed by atoms with van der Waals surface area (Å²) in [5.41, 5.74) is 4.56. The monoisotopic (exact) mass is 331 g/mol. The third-order valence-corrected chi connectivity index (χ3v) is 4.76. The maximum Gasteiger partial charge on any atom is 0.133 e. The Bertz CT molecular complexity index is 899. The van der Waals surface area contributed by atoms with Gasteiger partial charge in [-0.2, -0.15) is 0 Å². The molecule has 3 aromatic rings. The Morgan fingerprint density at radius 3 is 2.56 bits per heavy atom. The molecule has 2 heterocycles. The normalized spacial score (nSPS) is 18.6. The smallest absolute Gasteiger partial charge is 0.133 e. The van der Waals surface area contributed by atoms with Crippen LogP contribution >= 0.6 is 0 Å². The second kappa shape index (κ2) is 6.48. The predicted octanol–water partition coefficient (Wildman–Crippen LogP) is 4.99. The van der Waals surface area contributed by atoms with Gasteiger partial charge in [-0.05, 0) is 18.2 Å². The number of aromatic amines is 1. The van der Waals surface area contributed by atoms with E-state index in [0.717, 1.165) is 28.4 Å². The van der Waals surface area contributed by atoms with E-state index in [1.54, 1.807) is 7.11 Å². The molecule has 0 amide bonds. The van der Waals surface area contributed by atoms with Gasteiger partial charge in [-0.25, -0.2) is 4.99 Å². The van der Waals surface area contributed by atoms with Crippen molar-refractivity contribution in [1.29, 1.82) is 0 Å². The summed E-state index contributed by atoms with van der Waals surface area (Å²) in [6.45, 7) is 2.23. The Hall–Kier alpha value is -3.01. The molecule has 0 spiro atoms. The highest BCUT2D eigenvalue weighted by Gasteiger charge is 2.28. The number of ether oxygens (including phenoxy) is 1. The molecule has 2 N–H and O–H groups in total. The topological polar surface area (TPSA) is 49.4 Å². The number of anilines is 1. The van der Waals surface area contributed by atoms with Crippen molar-refractivity contribution in [3.05, 3.63) is 66.4 Å². The number of benzene rings is 2. The molecule has 1 aliphatic heterocycles. The minimum absolute atomic E-state index is 0.138. The van der Waals surface area contributed by atoms with Crippen LogP contribution in [0.2, 0.25) is 0 Å². The van der Waals surface area contributed by atoms with Gasteiger partial charge >= 0.3 is 0 Å². The van der Waals surface area contributed by atoms with Gasteiger partial charge in [0.15, 0.2) is 0 Å². The first-order valence-electron chi connectivity index (χ1n) is 8.48. The molecule has 0 aliphatic carbocycles. The minimum atomic E-state index is 0.138. The Morgan fingerprint density at radius 2 is 1.76 bits per heavy atom. The van der Waals surface area contributed by atoms with Crippen molar-refractivity contribution in [2.45, 2.75) is 18.9 Å². The SMILES string of the molecule is COc1ccccc1-c1c[nH]c2c1C(C)C(Nc1ccccc1)C=N2. The molecule has 25 heavy (non-hydrogen) atoms. The van der Waals surface area contributed by atoms with Gasteiger partial charge in [0, 0.05) is 40.7 Å². The molecule has 4 rings (SSSR count). The number of para-hydroxylation sites is 2. The number of H-pyrrole nitrogens is 1. The van der Waals surface area contributed by atoms with Crippen LogP contribution in [0, 0.1) is 0 Å². The summed E-state index contributed by atoms with van der Waals surface area (Å²) in [7, 11) is 1.71. The number of nitrogens with one attached hydrogen (secondary N) is 2. The van der Waals surface area contributed by atoms with E-state index in [2.05, 4.69) is 40.4 Å². The Kier molecular flexibility index (Phi) is 4.02. The van der Waals surface area contributed by atoms with Crippen LogP contribution in [-0.4, -0.2) is 24.4 Å². The van der Waals surface area contributed by atoms with Crippen molar-refractivity contribution in [3.8, 4) is 16.9 Å². The number of aromatic nitrogens is 1. The molecule has 4 heteroatoms.